The topological polar surface area (TPSA) is 44.7 Å². The summed E-state index contributed by atoms with van der Waals surface area (Å²) in [5.41, 5.74) is -0.772. The first-order valence-electron chi connectivity index (χ1n) is 7.36. The SMILES string of the molecule is CC(C)(C)[S+]([O-])/N=C\C12CC1COc1ccc(C(F)(F)F)cc12. The van der Waals surface area contributed by atoms with E-state index in [4.69, 9.17) is 4.74 Å². The Hall–Kier alpha value is -1.21. The van der Waals surface area contributed by atoms with Crippen LogP contribution in [0.2, 0.25) is 0 Å². The molecule has 1 saturated carbocycles. The molecule has 23 heavy (non-hydrogen) atoms. The first-order chi connectivity index (χ1) is 10.5. The molecule has 3 nitrogen and oxygen atoms in total. The lowest BCUT2D eigenvalue weighted by Crippen LogP contribution is -2.28. The number of fused-ring (bicyclic) bond motifs is 3. The second-order valence-corrected chi connectivity index (χ2v) is 8.99. The summed E-state index contributed by atoms with van der Waals surface area (Å²) in [7, 11) is 0. The monoisotopic (exact) mass is 345 g/mol. The van der Waals surface area contributed by atoms with Gasteiger partial charge in [-0.05, 0) is 45.4 Å². The Labute approximate surface area is 136 Å². The summed E-state index contributed by atoms with van der Waals surface area (Å²) in [6.45, 7) is 5.87. The van der Waals surface area contributed by atoms with E-state index in [0.717, 1.165) is 12.1 Å². The van der Waals surface area contributed by atoms with Gasteiger partial charge >= 0.3 is 6.18 Å². The van der Waals surface area contributed by atoms with Crippen molar-refractivity contribution in [2.75, 3.05) is 6.61 Å². The molecule has 0 N–H and O–H groups in total. The fourth-order valence-electron chi connectivity index (χ4n) is 2.80. The number of alkyl halides is 3. The second kappa shape index (κ2) is 5.14. The Morgan fingerprint density at radius 1 is 1.35 bits per heavy atom. The fraction of sp³-hybridized carbons (Fsp3) is 0.562. The van der Waals surface area contributed by atoms with Crippen LogP contribution in [0.3, 0.4) is 0 Å². The van der Waals surface area contributed by atoms with Crippen molar-refractivity contribution in [3.63, 3.8) is 0 Å². The third-order valence-corrected chi connectivity index (χ3v) is 5.65. The number of rotatable bonds is 2. The van der Waals surface area contributed by atoms with Gasteiger partial charge in [-0.2, -0.15) is 13.2 Å². The van der Waals surface area contributed by atoms with E-state index in [1.54, 1.807) is 6.21 Å². The normalized spacial score (nSPS) is 28.0. The fourth-order valence-corrected chi connectivity index (χ4v) is 3.40. The molecular weight excluding hydrogens is 327 g/mol. The molecule has 1 fully saturated rings. The van der Waals surface area contributed by atoms with Crippen LogP contribution < -0.4 is 4.74 Å². The molecule has 1 aliphatic heterocycles. The first-order valence-corrected chi connectivity index (χ1v) is 8.46. The number of halogens is 3. The summed E-state index contributed by atoms with van der Waals surface area (Å²) < 4.78 is 60.2. The summed E-state index contributed by atoms with van der Waals surface area (Å²) in [6, 6.07) is 3.53. The minimum absolute atomic E-state index is 0.0965. The van der Waals surface area contributed by atoms with Crippen LogP contribution in [0, 0.1) is 5.92 Å². The maximum absolute atomic E-state index is 13.0. The minimum Gasteiger partial charge on any atom is -0.591 e. The number of nitrogens with zero attached hydrogens (tertiary/aromatic N) is 1. The molecule has 3 atom stereocenters. The van der Waals surface area contributed by atoms with Gasteiger partial charge in [0.25, 0.3) is 0 Å². The molecule has 1 aromatic carbocycles. The Balaban J connectivity index is 1.97. The third-order valence-electron chi connectivity index (χ3n) is 4.30. The van der Waals surface area contributed by atoms with Gasteiger partial charge in [-0.15, -0.1) is 0 Å². The molecule has 0 bridgehead atoms. The van der Waals surface area contributed by atoms with Crippen molar-refractivity contribution in [2.45, 2.75) is 43.5 Å². The Morgan fingerprint density at radius 2 is 2.04 bits per heavy atom. The molecule has 3 rings (SSSR count). The zero-order valence-corrected chi connectivity index (χ0v) is 13.9. The van der Waals surface area contributed by atoms with Crippen molar-refractivity contribution in [3.8, 4) is 5.75 Å². The number of hydrogen-bond acceptors (Lipinski definition) is 3. The van der Waals surface area contributed by atoms with Crippen LogP contribution in [-0.2, 0) is 23.0 Å². The van der Waals surface area contributed by atoms with E-state index in [1.165, 1.54) is 6.07 Å². The van der Waals surface area contributed by atoms with E-state index in [9.17, 15) is 17.7 Å². The van der Waals surface area contributed by atoms with Gasteiger partial charge in [-0.1, -0.05) is 4.40 Å². The molecule has 1 aliphatic carbocycles. The molecule has 0 radical (unpaired) electrons. The highest BCUT2D eigenvalue weighted by atomic mass is 32.2. The average Bonchev–Trinajstić information content (AvgIpc) is 3.17. The molecular formula is C16H18F3NO2S. The van der Waals surface area contributed by atoms with Crippen molar-refractivity contribution in [3.05, 3.63) is 29.3 Å². The molecule has 0 amide bonds. The van der Waals surface area contributed by atoms with Crippen molar-refractivity contribution in [2.24, 2.45) is 10.3 Å². The van der Waals surface area contributed by atoms with Crippen LogP contribution in [0.25, 0.3) is 0 Å². The van der Waals surface area contributed by atoms with Gasteiger partial charge in [0, 0.05) is 16.9 Å². The van der Waals surface area contributed by atoms with Gasteiger partial charge in [0.15, 0.2) is 0 Å². The second-order valence-electron chi connectivity index (χ2n) is 7.06. The highest BCUT2D eigenvalue weighted by Gasteiger charge is 2.59. The first kappa shape index (κ1) is 16.6. The quantitative estimate of drug-likeness (QED) is 0.603. The van der Waals surface area contributed by atoms with Gasteiger partial charge in [-0.25, -0.2) is 0 Å². The smallest absolute Gasteiger partial charge is 0.416 e. The van der Waals surface area contributed by atoms with Crippen LogP contribution in [0.5, 0.6) is 5.75 Å². The summed E-state index contributed by atoms with van der Waals surface area (Å²) >= 11 is -1.43. The lowest BCUT2D eigenvalue weighted by molar-refractivity contribution is -0.137. The Kier molecular flexibility index (Phi) is 3.72. The van der Waals surface area contributed by atoms with Crippen molar-refractivity contribution >= 4 is 17.6 Å². The standard InChI is InChI=1S/C16H18F3NO2S/c1-14(2,3)23(21)20-9-15-7-11(15)8-22-13-5-4-10(6-12(13)15)16(17,18)19/h4-6,9,11H,7-8H2,1-3H3/b20-9-. The zero-order chi connectivity index (χ0) is 17.0. The molecule has 1 heterocycles. The van der Waals surface area contributed by atoms with E-state index >= 15 is 0 Å². The highest BCUT2D eigenvalue weighted by Crippen LogP contribution is 2.59. The van der Waals surface area contributed by atoms with Gasteiger partial charge in [0.05, 0.1) is 18.4 Å². The molecule has 7 heteroatoms. The molecule has 126 valence electrons. The van der Waals surface area contributed by atoms with Crippen LogP contribution in [0.1, 0.15) is 38.3 Å². The number of hydrogen-bond donors (Lipinski definition) is 0. The molecule has 3 unspecified atom stereocenters. The molecule has 0 aromatic heterocycles. The summed E-state index contributed by atoms with van der Waals surface area (Å²) in [5.74, 6) is 0.555. The summed E-state index contributed by atoms with van der Waals surface area (Å²) in [5, 5.41) is 0. The predicted octanol–water partition coefficient (Wildman–Crippen LogP) is 3.89. The van der Waals surface area contributed by atoms with Crippen molar-refractivity contribution < 1.29 is 22.5 Å². The highest BCUT2D eigenvalue weighted by molar-refractivity contribution is 7.91. The van der Waals surface area contributed by atoms with E-state index in [2.05, 4.69) is 4.40 Å². The minimum atomic E-state index is -4.40. The van der Waals surface area contributed by atoms with Gasteiger partial charge in [-0.3, -0.25) is 0 Å². The molecule has 1 aromatic rings. The number of ether oxygens (including phenoxy) is 1. The summed E-state index contributed by atoms with van der Waals surface area (Å²) in [6.07, 6.45) is -2.14. The lowest BCUT2D eigenvalue weighted by atomic mass is 9.90. The molecule has 2 aliphatic rings. The van der Waals surface area contributed by atoms with Crippen molar-refractivity contribution in [1.82, 2.24) is 0 Å². The molecule has 0 spiro atoms. The molecule has 0 saturated heterocycles. The predicted molar refractivity (Wildman–Crippen MR) is 83.1 cm³/mol. The van der Waals surface area contributed by atoms with Crippen LogP contribution >= 0.6 is 0 Å². The number of benzene rings is 1. The van der Waals surface area contributed by atoms with Gasteiger partial charge < -0.3 is 9.29 Å². The lowest BCUT2D eigenvalue weighted by Gasteiger charge is -2.25. The maximum atomic E-state index is 13.0. The third kappa shape index (κ3) is 2.96. The van der Waals surface area contributed by atoms with E-state index in [1.807, 2.05) is 20.8 Å². The van der Waals surface area contributed by atoms with E-state index < -0.39 is 33.3 Å². The van der Waals surface area contributed by atoms with E-state index in [-0.39, 0.29) is 5.92 Å². The van der Waals surface area contributed by atoms with Crippen molar-refractivity contribution in [1.29, 1.82) is 0 Å². The maximum Gasteiger partial charge on any atom is 0.416 e. The van der Waals surface area contributed by atoms with E-state index in [0.29, 0.717) is 24.3 Å². The Morgan fingerprint density at radius 3 is 2.65 bits per heavy atom. The zero-order valence-electron chi connectivity index (χ0n) is 13.1. The summed E-state index contributed by atoms with van der Waals surface area (Å²) in [4.78, 5) is 0. The van der Waals surface area contributed by atoms with Crippen LogP contribution in [-0.4, -0.2) is 22.1 Å². The largest absolute Gasteiger partial charge is 0.591 e. The van der Waals surface area contributed by atoms with Gasteiger partial charge in [0.1, 0.15) is 21.9 Å². The van der Waals surface area contributed by atoms with Crippen LogP contribution in [0.15, 0.2) is 22.6 Å². The average molecular weight is 345 g/mol. The van der Waals surface area contributed by atoms with Gasteiger partial charge in [0.2, 0.25) is 0 Å². The Bertz CT molecular complexity index is 654. The van der Waals surface area contributed by atoms with Crippen LogP contribution in [0.4, 0.5) is 13.2 Å².